The number of benzene rings is 1. The van der Waals surface area contributed by atoms with E-state index in [1.807, 2.05) is 0 Å². The molecule has 1 aromatic carbocycles. The maximum Gasteiger partial charge on any atom is 0.228 e. The molecule has 0 bridgehead atoms. The van der Waals surface area contributed by atoms with Gasteiger partial charge in [0.05, 0.1) is 7.11 Å². The summed E-state index contributed by atoms with van der Waals surface area (Å²) >= 11 is 23.2. The fraction of sp³-hybridized carbons (Fsp3) is 0.556. The van der Waals surface area contributed by atoms with Crippen LogP contribution in [0, 0.1) is 0 Å². The lowest BCUT2D eigenvalue weighted by Crippen LogP contribution is -2.56. The van der Waals surface area contributed by atoms with Gasteiger partial charge in [0.25, 0.3) is 0 Å². The quantitative estimate of drug-likeness (QED) is 0.197. The van der Waals surface area contributed by atoms with Gasteiger partial charge in [-0.05, 0) is 42.9 Å². The van der Waals surface area contributed by atoms with E-state index in [2.05, 4.69) is 22.9 Å². The molecular weight excluding hydrogens is 429 g/mol. The number of alkyl halides is 3. The molecule has 0 aliphatic rings. The van der Waals surface area contributed by atoms with E-state index in [0.29, 0.717) is 6.42 Å². The maximum atomic E-state index is 12.1. The first-order chi connectivity index (χ1) is 12.8. The number of unbranched alkanes of at least 4 members (excludes halogenated alkanes) is 4. The van der Waals surface area contributed by atoms with E-state index in [9.17, 15) is 4.79 Å². The van der Waals surface area contributed by atoms with Gasteiger partial charge in [-0.25, -0.2) is 0 Å². The van der Waals surface area contributed by atoms with Crippen molar-refractivity contribution in [3.05, 3.63) is 24.3 Å². The molecule has 5 nitrogen and oxygen atoms in total. The number of carbonyl (C=O) groups is 1. The SMILES string of the molecule is CCCCCCCC(=O)N[C@@H](NC(=S)Nc1ccc(OC)cc1)C(Cl)(Cl)Cl. The Morgan fingerprint density at radius 2 is 1.74 bits per heavy atom. The minimum atomic E-state index is -1.76. The number of methoxy groups -OCH3 is 1. The zero-order valence-electron chi connectivity index (χ0n) is 15.5. The van der Waals surface area contributed by atoms with Crippen LogP contribution in [-0.2, 0) is 4.79 Å². The first-order valence-electron chi connectivity index (χ1n) is 8.84. The lowest BCUT2D eigenvalue weighted by molar-refractivity contribution is -0.122. The molecule has 1 rings (SSSR count). The molecule has 0 radical (unpaired) electrons. The lowest BCUT2D eigenvalue weighted by atomic mass is 10.1. The minimum absolute atomic E-state index is 0.192. The average Bonchev–Trinajstić information content (AvgIpc) is 2.61. The Labute approximate surface area is 181 Å². The Kier molecular flexibility index (Phi) is 11.1. The van der Waals surface area contributed by atoms with Gasteiger partial charge in [0.2, 0.25) is 9.70 Å². The number of carbonyl (C=O) groups excluding carboxylic acids is 1. The van der Waals surface area contributed by atoms with Gasteiger partial charge in [-0.15, -0.1) is 0 Å². The van der Waals surface area contributed by atoms with E-state index in [1.165, 1.54) is 6.42 Å². The van der Waals surface area contributed by atoms with Gasteiger partial charge >= 0.3 is 0 Å². The van der Waals surface area contributed by atoms with E-state index in [4.69, 9.17) is 51.8 Å². The minimum Gasteiger partial charge on any atom is -0.497 e. The van der Waals surface area contributed by atoms with Crippen molar-refractivity contribution in [2.45, 2.75) is 55.4 Å². The van der Waals surface area contributed by atoms with Crippen molar-refractivity contribution in [3.8, 4) is 5.75 Å². The van der Waals surface area contributed by atoms with E-state index in [-0.39, 0.29) is 11.0 Å². The van der Waals surface area contributed by atoms with Crippen LogP contribution in [0.5, 0.6) is 5.75 Å². The van der Waals surface area contributed by atoms with Crippen LogP contribution in [0.4, 0.5) is 5.69 Å². The molecule has 1 aromatic rings. The predicted octanol–water partition coefficient (Wildman–Crippen LogP) is 5.15. The van der Waals surface area contributed by atoms with Crippen molar-refractivity contribution < 1.29 is 9.53 Å². The number of anilines is 1. The molecule has 0 aliphatic heterocycles. The summed E-state index contributed by atoms with van der Waals surface area (Å²) in [5.41, 5.74) is 0.735. The van der Waals surface area contributed by atoms with Crippen molar-refractivity contribution in [2.75, 3.05) is 12.4 Å². The van der Waals surface area contributed by atoms with Crippen LogP contribution in [0.2, 0.25) is 0 Å². The molecule has 0 saturated heterocycles. The summed E-state index contributed by atoms with van der Waals surface area (Å²) in [4.78, 5) is 12.1. The van der Waals surface area contributed by atoms with Crippen LogP contribution in [0.1, 0.15) is 45.4 Å². The molecule has 0 aliphatic carbocycles. The lowest BCUT2D eigenvalue weighted by Gasteiger charge is -2.27. The fourth-order valence-electron chi connectivity index (χ4n) is 2.29. The third kappa shape index (κ3) is 10.2. The summed E-state index contributed by atoms with van der Waals surface area (Å²) in [6, 6.07) is 7.17. The van der Waals surface area contributed by atoms with E-state index in [1.54, 1.807) is 31.4 Å². The molecule has 0 heterocycles. The molecule has 27 heavy (non-hydrogen) atoms. The monoisotopic (exact) mass is 453 g/mol. The van der Waals surface area contributed by atoms with Gasteiger partial charge in [0.1, 0.15) is 11.9 Å². The zero-order chi connectivity index (χ0) is 20.3. The second kappa shape index (κ2) is 12.5. The Balaban J connectivity index is 2.53. The van der Waals surface area contributed by atoms with Crippen molar-refractivity contribution in [3.63, 3.8) is 0 Å². The van der Waals surface area contributed by atoms with Crippen molar-refractivity contribution in [2.24, 2.45) is 0 Å². The van der Waals surface area contributed by atoms with Crippen molar-refractivity contribution >= 4 is 63.7 Å². The highest BCUT2D eigenvalue weighted by atomic mass is 35.6. The number of ether oxygens (including phenoxy) is 1. The molecule has 1 amide bonds. The molecule has 3 N–H and O–H groups in total. The second-order valence-corrected chi connectivity index (χ2v) is 8.81. The molecule has 152 valence electrons. The summed E-state index contributed by atoms with van der Waals surface area (Å²) in [5.74, 6) is 0.535. The average molecular weight is 455 g/mol. The topological polar surface area (TPSA) is 62.4 Å². The van der Waals surface area contributed by atoms with Crippen LogP contribution in [0.3, 0.4) is 0 Å². The predicted molar refractivity (Wildman–Crippen MR) is 118 cm³/mol. The zero-order valence-corrected chi connectivity index (χ0v) is 18.6. The van der Waals surface area contributed by atoms with Gasteiger partial charge in [0, 0.05) is 12.1 Å². The summed E-state index contributed by atoms with van der Waals surface area (Å²) < 4.78 is 3.34. The van der Waals surface area contributed by atoms with Gasteiger partial charge in [-0.1, -0.05) is 67.4 Å². The molecule has 1 atom stereocenters. The molecular formula is C18H26Cl3N3O2S. The van der Waals surface area contributed by atoms with Gasteiger partial charge in [0.15, 0.2) is 5.11 Å². The molecule has 0 spiro atoms. The van der Waals surface area contributed by atoms with E-state index >= 15 is 0 Å². The second-order valence-electron chi connectivity index (χ2n) is 6.03. The third-order valence-electron chi connectivity index (χ3n) is 3.76. The molecule has 0 aromatic heterocycles. The maximum absolute atomic E-state index is 12.1. The number of hydrogen-bond donors (Lipinski definition) is 3. The summed E-state index contributed by atoms with van der Waals surface area (Å²) in [7, 11) is 1.59. The number of halogens is 3. The Morgan fingerprint density at radius 3 is 2.30 bits per heavy atom. The number of hydrogen-bond acceptors (Lipinski definition) is 3. The normalized spacial score (nSPS) is 12.2. The number of rotatable bonds is 10. The Morgan fingerprint density at radius 1 is 1.11 bits per heavy atom. The van der Waals surface area contributed by atoms with Crippen LogP contribution in [0.15, 0.2) is 24.3 Å². The summed E-state index contributed by atoms with van der Waals surface area (Å²) in [6.07, 6.45) is 4.67. The van der Waals surface area contributed by atoms with Crippen LogP contribution in [-0.4, -0.2) is 28.1 Å². The fourth-order valence-corrected chi connectivity index (χ4v) is 2.86. The van der Waals surface area contributed by atoms with Gasteiger partial charge < -0.3 is 20.7 Å². The summed E-state index contributed by atoms with van der Waals surface area (Å²) in [5, 5.41) is 8.72. The first kappa shape index (κ1) is 24.1. The van der Waals surface area contributed by atoms with E-state index < -0.39 is 9.96 Å². The number of nitrogens with one attached hydrogen (secondary N) is 3. The third-order valence-corrected chi connectivity index (χ3v) is 4.64. The van der Waals surface area contributed by atoms with E-state index in [0.717, 1.165) is 37.1 Å². The van der Waals surface area contributed by atoms with Gasteiger partial charge in [-0.3, -0.25) is 4.79 Å². The smallest absolute Gasteiger partial charge is 0.228 e. The standard InChI is InChI=1S/C18H26Cl3N3O2S/c1-3-4-5-6-7-8-15(25)23-16(18(19,20)21)24-17(27)22-13-9-11-14(26-2)12-10-13/h9-12,16H,3-8H2,1-2H3,(H,23,25)(H2,22,24,27)/t16-/m0/s1. The molecule has 0 saturated carbocycles. The Bertz CT molecular complexity index is 595. The van der Waals surface area contributed by atoms with Crippen LogP contribution >= 0.6 is 47.0 Å². The molecule has 9 heteroatoms. The largest absolute Gasteiger partial charge is 0.497 e. The first-order valence-corrected chi connectivity index (χ1v) is 10.4. The Hall–Kier alpha value is -0.950. The highest BCUT2D eigenvalue weighted by Crippen LogP contribution is 2.29. The molecule has 0 fully saturated rings. The highest BCUT2D eigenvalue weighted by Gasteiger charge is 2.34. The van der Waals surface area contributed by atoms with Crippen molar-refractivity contribution in [1.82, 2.24) is 10.6 Å². The number of amides is 1. The summed E-state index contributed by atoms with van der Waals surface area (Å²) in [6.45, 7) is 2.15. The highest BCUT2D eigenvalue weighted by molar-refractivity contribution is 7.80. The van der Waals surface area contributed by atoms with Crippen molar-refractivity contribution in [1.29, 1.82) is 0 Å². The van der Waals surface area contributed by atoms with Crippen LogP contribution < -0.4 is 20.7 Å². The van der Waals surface area contributed by atoms with Crippen LogP contribution in [0.25, 0.3) is 0 Å². The molecule has 0 unspecified atom stereocenters. The van der Waals surface area contributed by atoms with Gasteiger partial charge in [-0.2, -0.15) is 0 Å². The number of thiocarbonyl (C=S) groups is 1.